The maximum atomic E-state index is 9.21. The number of rotatable bonds is 2. The highest BCUT2D eigenvalue weighted by Crippen LogP contribution is 2.27. The van der Waals surface area contributed by atoms with Crippen molar-refractivity contribution >= 4 is 0 Å². The highest BCUT2D eigenvalue weighted by molar-refractivity contribution is 4.75. The van der Waals surface area contributed by atoms with Gasteiger partial charge in [0.25, 0.3) is 0 Å². The first-order valence-electron chi connectivity index (χ1n) is 3.68. The lowest BCUT2D eigenvalue weighted by Gasteiger charge is -2.30. The molecule has 0 aromatic rings. The molecule has 0 unspecified atom stereocenters. The second kappa shape index (κ2) is 3.35. The molecule has 2 nitrogen and oxygen atoms in total. The Morgan fingerprint density at radius 3 is 1.80 bits per heavy atom. The third-order valence-electron chi connectivity index (χ3n) is 2.13. The fourth-order valence-electron chi connectivity index (χ4n) is 0.735. The monoisotopic (exact) mass is 146 g/mol. The van der Waals surface area contributed by atoms with Gasteiger partial charge in [0.15, 0.2) is 0 Å². The lowest BCUT2D eigenvalue weighted by molar-refractivity contribution is 0.0109. The third-order valence-corrected chi connectivity index (χ3v) is 2.13. The van der Waals surface area contributed by atoms with Crippen molar-refractivity contribution in [1.82, 2.24) is 0 Å². The molecule has 0 aromatic heterocycles. The zero-order chi connectivity index (χ0) is 8.36. The lowest BCUT2D eigenvalue weighted by Crippen LogP contribution is -2.32. The molecule has 0 fully saturated rings. The van der Waals surface area contributed by atoms with Crippen molar-refractivity contribution in [2.75, 3.05) is 6.61 Å². The smallest absolute Gasteiger partial charge is 0.0801 e. The highest BCUT2D eigenvalue weighted by Gasteiger charge is 2.25. The predicted molar refractivity (Wildman–Crippen MR) is 41.7 cm³/mol. The lowest BCUT2D eigenvalue weighted by atomic mass is 9.79. The Kier molecular flexibility index (Phi) is 3.33. The average Bonchev–Trinajstić information content (AvgIpc) is 1.83. The van der Waals surface area contributed by atoms with Gasteiger partial charge in [0.1, 0.15) is 0 Å². The molecule has 2 heteroatoms. The molecule has 2 atom stereocenters. The fourth-order valence-corrected chi connectivity index (χ4v) is 0.735. The summed E-state index contributed by atoms with van der Waals surface area (Å²) in [5.74, 6) is 0.137. The molecule has 0 amide bonds. The summed E-state index contributed by atoms with van der Waals surface area (Å²) in [6.07, 6.45) is -0.583. The Balaban J connectivity index is 3.94. The average molecular weight is 146 g/mol. The van der Waals surface area contributed by atoms with Gasteiger partial charge < -0.3 is 10.2 Å². The summed E-state index contributed by atoms with van der Waals surface area (Å²) < 4.78 is 0. The van der Waals surface area contributed by atoms with E-state index in [2.05, 4.69) is 20.8 Å². The normalized spacial score (nSPS) is 18.6. The van der Waals surface area contributed by atoms with E-state index in [1.54, 1.807) is 0 Å². The highest BCUT2D eigenvalue weighted by atomic mass is 16.3. The van der Waals surface area contributed by atoms with Crippen LogP contribution in [0, 0.1) is 11.3 Å². The van der Waals surface area contributed by atoms with Crippen molar-refractivity contribution in [3.05, 3.63) is 0 Å². The minimum Gasteiger partial charge on any atom is -0.394 e. The molecule has 0 spiro atoms. The van der Waals surface area contributed by atoms with Crippen molar-refractivity contribution in [2.24, 2.45) is 11.3 Å². The van der Waals surface area contributed by atoms with E-state index < -0.39 is 6.10 Å². The molecule has 0 rings (SSSR count). The second-order valence-corrected chi connectivity index (χ2v) is 3.90. The molecule has 0 radical (unpaired) electrons. The molecule has 0 aromatic carbocycles. The quantitative estimate of drug-likeness (QED) is 0.610. The second-order valence-electron chi connectivity index (χ2n) is 3.90. The summed E-state index contributed by atoms with van der Waals surface area (Å²) in [6.45, 7) is 7.96. The van der Waals surface area contributed by atoms with Crippen molar-refractivity contribution in [3.63, 3.8) is 0 Å². The Morgan fingerprint density at radius 2 is 1.70 bits per heavy atom. The third kappa shape index (κ3) is 2.67. The van der Waals surface area contributed by atoms with E-state index >= 15 is 0 Å². The minimum absolute atomic E-state index is 0.0716. The molecule has 0 aliphatic rings. The number of aliphatic hydroxyl groups excluding tert-OH is 2. The Morgan fingerprint density at radius 1 is 1.30 bits per heavy atom. The van der Waals surface area contributed by atoms with E-state index in [9.17, 15) is 5.11 Å². The van der Waals surface area contributed by atoms with Gasteiger partial charge in [-0.3, -0.25) is 0 Å². The van der Waals surface area contributed by atoms with Crippen LogP contribution in [-0.4, -0.2) is 22.9 Å². The van der Waals surface area contributed by atoms with Crippen LogP contribution in [0.1, 0.15) is 27.7 Å². The summed E-state index contributed by atoms with van der Waals surface area (Å²) in [7, 11) is 0. The Bertz CT molecular complexity index is 93.9. The van der Waals surface area contributed by atoms with E-state index in [4.69, 9.17) is 5.11 Å². The fraction of sp³-hybridized carbons (Fsp3) is 1.00. The molecule has 0 saturated heterocycles. The number of aliphatic hydroxyl groups is 2. The Labute approximate surface area is 62.9 Å². The van der Waals surface area contributed by atoms with E-state index in [-0.39, 0.29) is 17.9 Å². The first-order valence-corrected chi connectivity index (χ1v) is 3.68. The summed E-state index contributed by atoms with van der Waals surface area (Å²) in [4.78, 5) is 0. The summed E-state index contributed by atoms with van der Waals surface area (Å²) in [5, 5.41) is 17.8. The van der Waals surface area contributed by atoms with Crippen LogP contribution >= 0.6 is 0 Å². The molecule has 0 bridgehead atoms. The SMILES string of the molecule is C[C@@H]([C@H](O)CO)C(C)(C)C. The molecule has 10 heavy (non-hydrogen) atoms. The molecule has 0 aliphatic carbocycles. The summed E-state index contributed by atoms with van der Waals surface area (Å²) in [5.41, 5.74) is 0.0716. The van der Waals surface area contributed by atoms with Crippen molar-refractivity contribution in [3.8, 4) is 0 Å². The van der Waals surface area contributed by atoms with Crippen LogP contribution in [0.2, 0.25) is 0 Å². The van der Waals surface area contributed by atoms with Gasteiger partial charge in [-0.15, -0.1) is 0 Å². The van der Waals surface area contributed by atoms with E-state index in [1.807, 2.05) is 6.92 Å². The van der Waals surface area contributed by atoms with Crippen molar-refractivity contribution < 1.29 is 10.2 Å². The van der Waals surface area contributed by atoms with Crippen LogP contribution in [0.5, 0.6) is 0 Å². The molecule has 0 saturated carbocycles. The van der Waals surface area contributed by atoms with Crippen LogP contribution in [0.3, 0.4) is 0 Å². The van der Waals surface area contributed by atoms with Gasteiger partial charge in [-0.25, -0.2) is 0 Å². The Hall–Kier alpha value is -0.0800. The number of hydrogen-bond acceptors (Lipinski definition) is 2. The molecule has 0 aliphatic heterocycles. The molecule has 0 heterocycles. The largest absolute Gasteiger partial charge is 0.394 e. The number of hydrogen-bond donors (Lipinski definition) is 2. The van der Waals surface area contributed by atoms with Gasteiger partial charge in [0.2, 0.25) is 0 Å². The predicted octanol–water partition coefficient (Wildman–Crippen LogP) is 1.02. The zero-order valence-corrected chi connectivity index (χ0v) is 7.26. The van der Waals surface area contributed by atoms with E-state index in [1.165, 1.54) is 0 Å². The van der Waals surface area contributed by atoms with Crippen LogP contribution in [0.15, 0.2) is 0 Å². The van der Waals surface area contributed by atoms with E-state index in [0.29, 0.717) is 0 Å². The van der Waals surface area contributed by atoms with Gasteiger partial charge in [-0.05, 0) is 11.3 Å². The topological polar surface area (TPSA) is 40.5 Å². The van der Waals surface area contributed by atoms with Crippen LogP contribution < -0.4 is 0 Å². The van der Waals surface area contributed by atoms with Crippen molar-refractivity contribution in [1.29, 1.82) is 0 Å². The summed E-state index contributed by atoms with van der Waals surface area (Å²) in [6, 6.07) is 0. The minimum atomic E-state index is -0.583. The van der Waals surface area contributed by atoms with Gasteiger partial charge in [0.05, 0.1) is 12.7 Å². The van der Waals surface area contributed by atoms with Crippen LogP contribution in [0.4, 0.5) is 0 Å². The van der Waals surface area contributed by atoms with Gasteiger partial charge in [-0.1, -0.05) is 27.7 Å². The first kappa shape index (κ1) is 9.92. The molecular weight excluding hydrogens is 128 g/mol. The summed E-state index contributed by atoms with van der Waals surface area (Å²) >= 11 is 0. The molecule has 62 valence electrons. The molecule has 2 N–H and O–H groups in total. The van der Waals surface area contributed by atoms with E-state index in [0.717, 1.165) is 0 Å². The maximum Gasteiger partial charge on any atom is 0.0801 e. The van der Waals surface area contributed by atoms with Gasteiger partial charge >= 0.3 is 0 Å². The maximum absolute atomic E-state index is 9.21. The first-order chi connectivity index (χ1) is 4.39. The van der Waals surface area contributed by atoms with Crippen LogP contribution in [-0.2, 0) is 0 Å². The van der Waals surface area contributed by atoms with Crippen LogP contribution in [0.25, 0.3) is 0 Å². The zero-order valence-electron chi connectivity index (χ0n) is 7.26. The standard InChI is InChI=1S/C8H18O2/c1-6(7(10)5-9)8(2,3)4/h6-7,9-10H,5H2,1-4H3/t6-,7+/m0/s1. The molecular formula is C8H18O2. The van der Waals surface area contributed by atoms with Gasteiger partial charge in [-0.2, -0.15) is 0 Å². The van der Waals surface area contributed by atoms with Crippen molar-refractivity contribution in [2.45, 2.75) is 33.8 Å². The van der Waals surface area contributed by atoms with Gasteiger partial charge in [0, 0.05) is 0 Å².